The molecule has 0 aromatic heterocycles. The number of alkyl halides is 1. The third-order valence-electron chi connectivity index (χ3n) is 1.44. The number of nitro groups is 2. The van der Waals surface area contributed by atoms with Gasteiger partial charge in [-0.2, -0.15) is 4.39 Å². The Balaban J connectivity index is 3.02. The normalized spacial score (nSPS) is 26.7. The predicted octanol–water partition coefficient (Wildman–Crippen LogP) is 0.864. The molecule has 69 valence electrons. The quantitative estimate of drug-likeness (QED) is 0.364. The molecule has 1 rings (SSSR count). The van der Waals surface area contributed by atoms with Crippen molar-refractivity contribution in [2.75, 3.05) is 0 Å². The van der Waals surface area contributed by atoms with Crippen LogP contribution in [0.1, 0.15) is 0 Å². The van der Waals surface area contributed by atoms with Crippen LogP contribution in [0.15, 0.2) is 23.9 Å². The standard InChI is InChI=1S/C6H4FN2O4/c7-6(9(12)13)3-1-2-5(4-6)8(10)11/h1-4H. The zero-order chi connectivity index (χ0) is 10.1. The van der Waals surface area contributed by atoms with Gasteiger partial charge in [-0.15, -0.1) is 0 Å². The molecule has 1 radical (unpaired) electrons. The van der Waals surface area contributed by atoms with E-state index in [1.807, 2.05) is 0 Å². The van der Waals surface area contributed by atoms with E-state index in [-0.39, 0.29) is 0 Å². The first-order chi connectivity index (χ1) is 5.96. The molecular formula is C6H4FN2O4. The van der Waals surface area contributed by atoms with Crippen LogP contribution in [0.2, 0.25) is 0 Å². The Morgan fingerprint density at radius 3 is 2.46 bits per heavy atom. The monoisotopic (exact) mass is 187 g/mol. The van der Waals surface area contributed by atoms with Crippen LogP contribution in [0, 0.1) is 26.6 Å². The second-order valence-corrected chi connectivity index (χ2v) is 2.34. The van der Waals surface area contributed by atoms with Crippen molar-refractivity contribution in [1.82, 2.24) is 0 Å². The van der Waals surface area contributed by atoms with Gasteiger partial charge >= 0.3 is 5.79 Å². The Bertz CT molecular complexity index is 325. The minimum Gasteiger partial charge on any atom is -0.261 e. The van der Waals surface area contributed by atoms with Crippen LogP contribution in [-0.4, -0.2) is 15.6 Å². The summed E-state index contributed by atoms with van der Waals surface area (Å²) in [6.07, 6.45) is 2.93. The third-order valence-corrected chi connectivity index (χ3v) is 1.44. The first-order valence-electron chi connectivity index (χ1n) is 3.19. The Morgan fingerprint density at radius 2 is 2.00 bits per heavy atom. The molecule has 7 heteroatoms. The van der Waals surface area contributed by atoms with E-state index in [0.29, 0.717) is 12.5 Å². The first-order valence-corrected chi connectivity index (χ1v) is 3.19. The zero-order valence-electron chi connectivity index (χ0n) is 6.21. The maximum absolute atomic E-state index is 13.1. The summed E-state index contributed by atoms with van der Waals surface area (Å²) in [4.78, 5) is 18.2. The molecule has 0 fully saturated rings. The highest BCUT2D eigenvalue weighted by Gasteiger charge is 2.44. The zero-order valence-corrected chi connectivity index (χ0v) is 6.21. The number of hydrogen-bond acceptors (Lipinski definition) is 4. The lowest BCUT2D eigenvalue weighted by molar-refractivity contribution is -0.579. The molecule has 1 unspecified atom stereocenters. The van der Waals surface area contributed by atoms with Gasteiger partial charge in [-0.05, 0) is 0 Å². The molecule has 1 aliphatic carbocycles. The lowest BCUT2D eigenvalue weighted by Crippen LogP contribution is -2.33. The number of hydrogen-bond donors (Lipinski definition) is 0. The minimum absolute atomic E-state index is 0.354. The van der Waals surface area contributed by atoms with Crippen molar-refractivity contribution in [3.8, 4) is 0 Å². The number of allylic oxidation sites excluding steroid dienone is 1. The molecule has 0 saturated carbocycles. The number of nitrogens with zero attached hydrogens (tertiary/aromatic N) is 2. The molecule has 13 heavy (non-hydrogen) atoms. The molecule has 0 saturated heterocycles. The van der Waals surface area contributed by atoms with Gasteiger partial charge in [0.05, 0.1) is 9.85 Å². The first kappa shape index (κ1) is 9.30. The van der Waals surface area contributed by atoms with Crippen molar-refractivity contribution in [3.05, 3.63) is 50.6 Å². The molecule has 0 amide bonds. The number of rotatable bonds is 2. The lowest BCUT2D eigenvalue weighted by atomic mass is 10.1. The highest BCUT2D eigenvalue weighted by molar-refractivity contribution is 5.27. The molecule has 0 bridgehead atoms. The van der Waals surface area contributed by atoms with E-state index >= 15 is 0 Å². The van der Waals surface area contributed by atoms with Crippen molar-refractivity contribution in [2.24, 2.45) is 0 Å². The summed E-state index contributed by atoms with van der Waals surface area (Å²) in [6, 6.07) is 0. The van der Waals surface area contributed by atoms with Crippen LogP contribution in [0.4, 0.5) is 4.39 Å². The number of halogens is 1. The van der Waals surface area contributed by atoms with Crippen molar-refractivity contribution in [2.45, 2.75) is 5.79 Å². The predicted molar refractivity (Wildman–Crippen MR) is 39.4 cm³/mol. The van der Waals surface area contributed by atoms with Crippen LogP contribution in [0.5, 0.6) is 0 Å². The molecule has 0 aromatic rings. The Labute approximate surface area is 71.7 Å². The van der Waals surface area contributed by atoms with Crippen molar-refractivity contribution < 1.29 is 14.2 Å². The van der Waals surface area contributed by atoms with Crippen molar-refractivity contribution >= 4 is 0 Å². The average Bonchev–Trinajstić information content (AvgIpc) is 2.04. The molecule has 0 N–H and O–H groups in total. The smallest absolute Gasteiger partial charge is 0.261 e. The summed E-state index contributed by atoms with van der Waals surface area (Å²) in [5.74, 6) is -2.96. The topological polar surface area (TPSA) is 86.3 Å². The van der Waals surface area contributed by atoms with Gasteiger partial charge in [0.25, 0.3) is 5.70 Å². The second-order valence-electron chi connectivity index (χ2n) is 2.34. The van der Waals surface area contributed by atoms with E-state index in [2.05, 4.69) is 0 Å². The fourth-order valence-electron chi connectivity index (χ4n) is 0.812. The van der Waals surface area contributed by atoms with E-state index < -0.39 is 21.3 Å². The van der Waals surface area contributed by atoms with Crippen LogP contribution in [0.3, 0.4) is 0 Å². The summed E-state index contributed by atoms with van der Waals surface area (Å²) in [6.45, 7) is 0. The van der Waals surface area contributed by atoms with Crippen LogP contribution >= 0.6 is 0 Å². The van der Waals surface area contributed by atoms with Crippen LogP contribution in [-0.2, 0) is 0 Å². The molecule has 1 atom stereocenters. The van der Waals surface area contributed by atoms with Gasteiger partial charge in [0.2, 0.25) is 0 Å². The van der Waals surface area contributed by atoms with Crippen molar-refractivity contribution in [3.63, 3.8) is 0 Å². The SMILES string of the molecule is O=[N+]([O-])C1=CC(F)([N+](=O)[O-])[CH]C=C1. The van der Waals surface area contributed by atoms with Crippen LogP contribution < -0.4 is 0 Å². The van der Waals surface area contributed by atoms with E-state index in [4.69, 9.17) is 0 Å². The lowest BCUT2D eigenvalue weighted by Gasteiger charge is -2.11. The molecular weight excluding hydrogens is 183 g/mol. The van der Waals surface area contributed by atoms with Gasteiger partial charge < -0.3 is 0 Å². The Kier molecular flexibility index (Phi) is 2.09. The molecule has 0 spiro atoms. The van der Waals surface area contributed by atoms with Gasteiger partial charge in [0.15, 0.2) is 0 Å². The molecule has 1 aliphatic rings. The van der Waals surface area contributed by atoms with E-state index in [1.54, 1.807) is 0 Å². The van der Waals surface area contributed by atoms with Gasteiger partial charge in [0, 0.05) is 6.08 Å². The van der Waals surface area contributed by atoms with Crippen LogP contribution in [0.25, 0.3) is 0 Å². The molecule has 0 aliphatic heterocycles. The average molecular weight is 187 g/mol. The Hall–Kier alpha value is -1.79. The van der Waals surface area contributed by atoms with Crippen molar-refractivity contribution in [1.29, 1.82) is 0 Å². The summed E-state index contributed by atoms with van der Waals surface area (Å²) >= 11 is 0. The summed E-state index contributed by atoms with van der Waals surface area (Å²) in [7, 11) is 0. The molecule has 0 heterocycles. The summed E-state index contributed by atoms with van der Waals surface area (Å²) in [5.41, 5.74) is -0.623. The fourth-order valence-corrected chi connectivity index (χ4v) is 0.812. The van der Waals surface area contributed by atoms with E-state index in [9.17, 15) is 24.6 Å². The molecule has 0 aromatic carbocycles. The summed E-state index contributed by atoms with van der Waals surface area (Å²) < 4.78 is 13.1. The third kappa shape index (κ3) is 1.68. The highest BCUT2D eigenvalue weighted by atomic mass is 19.1. The fraction of sp³-hybridized carbons (Fsp3) is 0.167. The Morgan fingerprint density at radius 1 is 1.38 bits per heavy atom. The van der Waals surface area contributed by atoms with Gasteiger partial charge in [-0.1, -0.05) is 6.08 Å². The maximum Gasteiger partial charge on any atom is 0.391 e. The largest absolute Gasteiger partial charge is 0.391 e. The minimum atomic E-state index is -2.96. The van der Waals surface area contributed by atoms with E-state index in [1.165, 1.54) is 0 Å². The van der Waals surface area contributed by atoms with E-state index in [0.717, 1.165) is 12.2 Å². The van der Waals surface area contributed by atoms with Gasteiger partial charge in [-0.3, -0.25) is 20.2 Å². The molecule has 6 nitrogen and oxygen atoms in total. The van der Waals surface area contributed by atoms with Gasteiger partial charge in [-0.25, -0.2) is 0 Å². The van der Waals surface area contributed by atoms with Gasteiger partial charge in [0.1, 0.15) is 12.5 Å². The summed E-state index contributed by atoms with van der Waals surface area (Å²) in [5, 5.41) is 20.3. The highest BCUT2D eigenvalue weighted by Crippen LogP contribution is 2.25. The maximum atomic E-state index is 13.1. The second kappa shape index (κ2) is 2.92.